The van der Waals surface area contributed by atoms with E-state index in [1.54, 1.807) is 0 Å². The van der Waals surface area contributed by atoms with Crippen molar-refractivity contribution in [3.63, 3.8) is 0 Å². The van der Waals surface area contributed by atoms with Crippen molar-refractivity contribution in [2.24, 2.45) is 0 Å². The van der Waals surface area contributed by atoms with Crippen LogP contribution in [0.4, 0.5) is 0 Å². The number of esters is 3. The van der Waals surface area contributed by atoms with Gasteiger partial charge in [-0.2, -0.15) is 0 Å². The second-order valence-corrected chi connectivity index (χ2v) is 21.6. The lowest BCUT2D eigenvalue weighted by Crippen LogP contribution is -2.30. The van der Waals surface area contributed by atoms with Gasteiger partial charge in [-0.05, 0) is 109 Å². The molecule has 0 aliphatic rings. The van der Waals surface area contributed by atoms with Crippen molar-refractivity contribution in [3.05, 3.63) is 85.1 Å². The van der Waals surface area contributed by atoms with E-state index in [2.05, 4.69) is 106 Å². The van der Waals surface area contributed by atoms with Gasteiger partial charge in [0, 0.05) is 19.3 Å². The lowest BCUT2D eigenvalue weighted by molar-refractivity contribution is -0.167. The Kier molecular flexibility index (Phi) is 61.2. The van der Waals surface area contributed by atoms with Crippen LogP contribution in [-0.2, 0) is 28.6 Å². The van der Waals surface area contributed by atoms with Crippen molar-refractivity contribution in [1.29, 1.82) is 0 Å². The summed E-state index contributed by atoms with van der Waals surface area (Å²) in [7, 11) is 0. The van der Waals surface area contributed by atoms with Crippen molar-refractivity contribution in [2.75, 3.05) is 13.2 Å². The average molecular weight is 1060 g/mol. The van der Waals surface area contributed by atoms with Gasteiger partial charge in [-0.25, -0.2) is 0 Å². The normalized spacial score (nSPS) is 12.6. The van der Waals surface area contributed by atoms with Gasteiger partial charge in [0.05, 0.1) is 0 Å². The molecule has 0 aromatic rings. The highest BCUT2D eigenvalue weighted by atomic mass is 16.6. The molecule has 76 heavy (non-hydrogen) atoms. The number of ether oxygens (including phenoxy) is 3. The van der Waals surface area contributed by atoms with Gasteiger partial charge in [-0.3, -0.25) is 14.4 Å². The molecule has 0 radical (unpaired) electrons. The van der Waals surface area contributed by atoms with Crippen molar-refractivity contribution >= 4 is 17.9 Å². The molecular weight excluding hydrogens is 937 g/mol. The molecule has 1 atom stereocenters. The van der Waals surface area contributed by atoms with Gasteiger partial charge < -0.3 is 14.2 Å². The first-order chi connectivity index (χ1) is 37.5. The Bertz CT molecular complexity index is 1450. The molecular formula is C70H122O6. The lowest BCUT2D eigenvalue weighted by Gasteiger charge is -2.18. The van der Waals surface area contributed by atoms with E-state index in [1.807, 2.05) is 0 Å². The summed E-state index contributed by atoms with van der Waals surface area (Å²) in [6.07, 6.45) is 84.6. The van der Waals surface area contributed by atoms with Crippen LogP contribution in [0.1, 0.15) is 323 Å². The summed E-state index contributed by atoms with van der Waals surface area (Å²) in [5.41, 5.74) is 0. The van der Waals surface area contributed by atoms with Crippen LogP contribution in [0.2, 0.25) is 0 Å². The number of hydrogen-bond acceptors (Lipinski definition) is 6. The minimum atomic E-state index is -0.783. The topological polar surface area (TPSA) is 78.9 Å². The van der Waals surface area contributed by atoms with Gasteiger partial charge in [0.25, 0.3) is 0 Å². The molecule has 0 aliphatic carbocycles. The number of hydrogen-bond donors (Lipinski definition) is 0. The fourth-order valence-electron chi connectivity index (χ4n) is 9.21. The second-order valence-electron chi connectivity index (χ2n) is 21.6. The first kappa shape index (κ1) is 72.6. The molecule has 0 aromatic heterocycles. The number of carbonyl (C=O) groups is 3. The van der Waals surface area contributed by atoms with Crippen molar-refractivity contribution in [2.45, 2.75) is 329 Å². The molecule has 0 aromatic carbocycles. The predicted octanol–water partition coefficient (Wildman–Crippen LogP) is 22.3. The van der Waals surface area contributed by atoms with Gasteiger partial charge in [0.2, 0.25) is 0 Å². The van der Waals surface area contributed by atoms with Gasteiger partial charge in [0.1, 0.15) is 13.2 Å². The van der Waals surface area contributed by atoms with Crippen LogP contribution in [0.3, 0.4) is 0 Å². The Hall–Kier alpha value is -3.41. The summed E-state index contributed by atoms with van der Waals surface area (Å²) in [6, 6.07) is 0. The highest BCUT2D eigenvalue weighted by Gasteiger charge is 2.19. The SMILES string of the molecule is CC/C=C\C/C=C\C/C=C\C/C=C\CCCCCCCCCCCCCCCCCCC(=O)OCC(COC(=O)CCCCCCC/C=C\CCCC)OC(=O)CCCCCCCCC/C=C\C/C=C\CCCCCC. The molecule has 0 rings (SSSR count). The Balaban J connectivity index is 4.20. The summed E-state index contributed by atoms with van der Waals surface area (Å²) in [5.74, 6) is -0.885. The van der Waals surface area contributed by atoms with Crippen LogP contribution < -0.4 is 0 Å². The van der Waals surface area contributed by atoms with E-state index in [0.29, 0.717) is 19.3 Å². The average Bonchev–Trinajstić information content (AvgIpc) is 3.42. The predicted molar refractivity (Wildman–Crippen MR) is 330 cm³/mol. The monoisotopic (exact) mass is 1060 g/mol. The maximum Gasteiger partial charge on any atom is 0.306 e. The van der Waals surface area contributed by atoms with Gasteiger partial charge in [-0.15, -0.1) is 0 Å². The molecule has 0 spiro atoms. The van der Waals surface area contributed by atoms with Crippen LogP contribution in [0.25, 0.3) is 0 Å². The largest absolute Gasteiger partial charge is 0.462 e. The quantitative estimate of drug-likeness (QED) is 0.0261. The van der Waals surface area contributed by atoms with E-state index in [0.717, 1.165) is 103 Å². The highest BCUT2D eigenvalue weighted by Crippen LogP contribution is 2.17. The third-order valence-corrected chi connectivity index (χ3v) is 14.1. The van der Waals surface area contributed by atoms with Crippen molar-refractivity contribution < 1.29 is 28.6 Å². The first-order valence-corrected chi connectivity index (χ1v) is 32.6. The fraction of sp³-hybridized carbons (Fsp3) is 0.757. The summed E-state index contributed by atoms with van der Waals surface area (Å²) in [5, 5.41) is 0. The minimum Gasteiger partial charge on any atom is -0.462 e. The summed E-state index contributed by atoms with van der Waals surface area (Å²) >= 11 is 0. The van der Waals surface area contributed by atoms with Crippen LogP contribution in [0.5, 0.6) is 0 Å². The Morgan fingerprint density at radius 2 is 0.526 bits per heavy atom. The maximum atomic E-state index is 12.9. The molecule has 6 nitrogen and oxygen atoms in total. The molecule has 0 fully saturated rings. The standard InChI is InChI=1S/C70H122O6/c1-4-7-10-13-16-19-22-24-26-28-30-31-32-33-34-35-36-37-38-39-40-42-43-45-48-51-54-57-60-63-69(72)75-66-67(65-74-68(71)62-59-56-53-50-47-21-18-15-12-9-6-3)76-70(73)64-61-58-55-52-49-46-44-41-29-27-25-23-20-17-14-11-8-5-2/h7,10,15-16,18-20,23-24,26-27,29-31,67H,4-6,8-9,11-14,17,21-22,25,28,32-66H2,1-3H3/b10-7-,18-15-,19-16-,23-20-,26-24-,29-27-,31-30-. The van der Waals surface area contributed by atoms with Gasteiger partial charge >= 0.3 is 17.9 Å². The third-order valence-electron chi connectivity index (χ3n) is 14.1. The molecule has 438 valence electrons. The molecule has 6 heteroatoms. The maximum absolute atomic E-state index is 12.9. The fourth-order valence-corrected chi connectivity index (χ4v) is 9.21. The first-order valence-electron chi connectivity index (χ1n) is 32.6. The van der Waals surface area contributed by atoms with E-state index >= 15 is 0 Å². The zero-order valence-electron chi connectivity index (χ0n) is 50.3. The summed E-state index contributed by atoms with van der Waals surface area (Å²) in [6.45, 7) is 6.49. The zero-order chi connectivity index (χ0) is 55.0. The van der Waals surface area contributed by atoms with Crippen LogP contribution >= 0.6 is 0 Å². The smallest absolute Gasteiger partial charge is 0.306 e. The van der Waals surface area contributed by atoms with E-state index in [9.17, 15) is 14.4 Å². The van der Waals surface area contributed by atoms with Crippen molar-refractivity contribution in [1.82, 2.24) is 0 Å². The lowest BCUT2D eigenvalue weighted by atomic mass is 10.0. The molecule has 1 unspecified atom stereocenters. The third kappa shape index (κ3) is 61.4. The number of rotatable bonds is 59. The summed E-state index contributed by atoms with van der Waals surface area (Å²) in [4.78, 5) is 38.2. The number of allylic oxidation sites excluding steroid dienone is 14. The molecule has 0 heterocycles. The molecule has 0 saturated heterocycles. The highest BCUT2D eigenvalue weighted by molar-refractivity contribution is 5.71. The minimum absolute atomic E-state index is 0.0798. The van der Waals surface area contributed by atoms with Crippen LogP contribution in [0.15, 0.2) is 85.1 Å². The Labute approximate surface area is 471 Å². The van der Waals surface area contributed by atoms with Crippen molar-refractivity contribution in [3.8, 4) is 0 Å². The Morgan fingerprint density at radius 1 is 0.276 bits per heavy atom. The van der Waals surface area contributed by atoms with E-state index in [1.165, 1.54) is 180 Å². The van der Waals surface area contributed by atoms with E-state index in [-0.39, 0.29) is 31.1 Å². The van der Waals surface area contributed by atoms with Gasteiger partial charge in [-0.1, -0.05) is 279 Å². The van der Waals surface area contributed by atoms with Gasteiger partial charge in [0.15, 0.2) is 6.10 Å². The molecule has 0 bridgehead atoms. The molecule has 0 saturated carbocycles. The van der Waals surface area contributed by atoms with Crippen LogP contribution in [-0.4, -0.2) is 37.2 Å². The van der Waals surface area contributed by atoms with E-state index < -0.39 is 6.10 Å². The second kappa shape index (κ2) is 64.1. The summed E-state index contributed by atoms with van der Waals surface area (Å²) < 4.78 is 16.9. The molecule has 0 N–H and O–H groups in total. The Morgan fingerprint density at radius 3 is 0.855 bits per heavy atom. The molecule has 0 aliphatic heterocycles. The number of carbonyl (C=O) groups excluding carboxylic acids is 3. The zero-order valence-corrected chi connectivity index (χ0v) is 50.3. The van der Waals surface area contributed by atoms with Crippen LogP contribution in [0, 0.1) is 0 Å². The van der Waals surface area contributed by atoms with E-state index in [4.69, 9.17) is 14.2 Å². The molecule has 0 amide bonds. The number of unbranched alkanes of at least 4 members (excludes halogenated alkanes) is 34.